The van der Waals surface area contributed by atoms with Gasteiger partial charge in [-0.2, -0.15) is 5.11 Å². The van der Waals surface area contributed by atoms with E-state index < -0.39 is 0 Å². The molecule has 3 heterocycles. The number of hydrogen-bond acceptors (Lipinski definition) is 6. The third-order valence-electron chi connectivity index (χ3n) is 5.16. The van der Waals surface area contributed by atoms with E-state index in [1.807, 2.05) is 60.4 Å². The van der Waals surface area contributed by atoms with E-state index in [9.17, 15) is 0 Å². The Kier molecular flexibility index (Phi) is 5.80. The van der Waals surface area contributed by atoms with Crippen LogP contribution in [0.25, 0.3) is 16.5 Å². The van der Waals surface area contributed by atoms with Crippen LogP contribution < -0.4 is 4.90 Å². The lowest BCUT2D eigenvalue weighted by Crippen LogP contribution is -2.13. The van der Waals surface area contributed by atoms with Crippen LogP contribution in [0.1, 0.15) is 26.3 Å². The summed E-state index contributed by atoms with van der Waals surface area (Å²) in [5, 5.41) is 4.68. The van der Waals surface area contributed by atoms with E-state index in [4.69, 9.17) is 5.53 Å². The van der Waals surface area contributed by atoms with E-state index in [-0.39, 0.29) is 5.92 Å². The molecule has 0 unspecified atom stereocenters. The zero-order valence-electron chi connectivity index (χ0n) is 17.8. The second kappa shape index (κ2) is 8.83. The first-order valence-corrected chi connectivity index (χ1v) is 10.2. The first-order chi connectivity index (χ1) is 15.1. The molecule has 154 valence electrons. The Morgan fingerprint density at radius 1 is 0.871 bits per heavy atom. The molecule has 0 saturated heterocycles. The van der Waals surface area contributed by atoms with E-state index >= 15 is 0 Å². The third-order valence-corrected chi connectivity index (χ3v) is 5.16. The smallest absolute Gasteiger partial charge is 0.138 e. The molecule has 0 spiro atoms. The Hall–Kier alpha value is -3.93. The van der Waals surface area contributed by atoms with Crippen molar-refractivity contribution >= 4 is 33.8 Å². The van der Waals surface area contributed by atoms with Gasteiger partial charge in [0.2, 0.25) is 0 Å². The van der Waals surface area contributed by atoms with E-state index in [0.717, 1.165) is 39.4 Å². The predicted molar refractivity (Wildman–Crippen MR) is 125 cm³/mol. The van der Waals surface area contributed by atoms with Gasteiger partial charge in [0.25, 0.3) is 0 Å². The number of nitrogens with zero attached hydrogens (tertiary/aromatic N) is 5. The van der Waals surface area contributed by atoms with E-state index in [2.05, 4.69) is 46.0 Å². The van der Waals surface area contributed by atoms with E-state index in [1.54, 1.807) is 18.6 Å². The van der Waals surface area contributed by atoms with Crippen molar-refractivity contribution in [3.05, 3.63) is 90.5 Å². The summed E-state index contributed by atoms with van der Waals surface area (Å²) in [4.78, 5) is 15.8. The predicted octanol–water partition coefficient (Wildman–Crippen LogP) is 6.91. The standard InChI is InChI=1S/C25H24N6/c1-17(2)25(18(3)30-26)19-10-11-21-20(16-19)22(12-15-27-21)31(23-8-4-6-13-28-23)24-9-5-7-14-29-24/h4-17,26H,1-3H3/b25-18+,30-26?. The summed E-state index contributed by atoms with van der Waals surface area (Å²) in [5.41, 5.74) is 12.1. The zero-order valence-corrected chi connectivity index (χ0v) is 17.8. The molecule has 1 aromatic carbocycles. The highest BCUT2D eigenvalue weighted by molar-refractivity contribution is 5.97. The highest BCUT2D eigenvalue weighted by Crippen LogP contribution is 2.38. The quantitative estimate of drug-likeness (QED) is 0.351. The van der Waals surface area contributed by atoms with Gasteiger partial charge in [-0.25, -0.2) is 15.5 Å². The monoisotopic (exact) mass is 408 g/mol. The lowest BCUT2D eigenvalue weighted by atomic mass is 9.92. The molecule has 4 rings (SSSR count). The number of aromatic nitrogens is 3. The molecule has 0 saturated carbocycles. The number of rotatable bonds is 6. The maximum Gasteiger partial charge on any atom is 0.138 e. The summed E-state index contributed by atoms with van der Waals surface area (Å²) >= 11 is 0. The molecule has 0 aliphatic rings. The molecular weight excluding hydrogens is 384 g/mol. The zero-order chi connectivity index (χ0) is 21.8. The number of hydrogen-bond donors (Lipinski definition) is 1. The number of pyridine rings is 3. The highest BCUT2D eigenvalue weighted by atomic mass is 15.2. The van der Waals surface area contributed by atoms with Gasteiger partial charge in [0.05, 0.1) is 16.9 Å². The molecule has 0 aliphatic heterocycles. The number of fused-ring (bicyclic) bond motifs is 1. The summed E-state index contributed by atoms with van der Waals surface area (Å²) in [6, 6.07) is 19.8. The molecular formula is C25H24N6. The van der Waals surface area contributed by atoms with Crippen molar-refractivity contribution in [1.82, 2.24) is 15.0 Å². The Morgan fingerprint density at radius 2 is 1.55 bits per heavy atom. The average molecular weight is 409 g/mol. The highest BCUT2D eigenvalue weighted by Gasteiger charge is 2.19. The molecule has 0 aliphatic carbocycles. The maximum atomic E-state index is 7.51. The van der Waals surface area contributed by atoms with Crippen molar-refractivity contribution in [3.8, 4) is 0 Å². The van der Waals surface area contributed by atoms with Gasteiger partial charge >= 0.3 is 0 Å². The fourth-order valence-corrected chi connectivity index (χ4v) is 3.85. The van der Waals surface area contributed by atoms with Crippen LogP contribution in [0.15, 0.2) is 90.1 Å². The summed E-state index contributed by atoms with van der Waals surface area (Å²) in [5.74, 6) is 1.78. The van der Waals surface area contributed by atoms with Gasteiger partial charge in [-0.1, -0.05) is 32.0 Å². The van der Waals surface area contributed by atoms with Gasteiger partial charge in [-0.3, -0.25) is 9.88 Å². The molecule has 0 fully saturated rings. The number of benzene rings is 1. The number of nitrogens with one attached hydrogen (secondary N) is 1. The Morgan fingerprint density at radius 3 is 2.10 bits per heavy atom. The Labute approximate surface area is 181 Å². The van der Waals surface area contributed by atoms with Crippen LogP contribution in [-0.4, -0.2) is 15.0 Å². The fourth-order valence-electron chi connectivity index (χ4n) is 3.85. The van der Waals surface area contributed by atoms with Crippen molar-refractivity contribution < 1.29 is 0 Å². The van der Waals surface area contributed by atoms with Gasteiger partial charge in [0.15, 0.2) is 0 Å². The summed E-state index contributed by atoms with van der Waals surface area (Å²) < 4.78 is 0. The Bertz CT molecular complexity index is 1190. The van der Waals surface area contributed by atoms with Crippen molar-refractivity contribution in [2.24, 2.45) is 11.0 Å². The molecule has 0 amide bonds. The minimum absolute atomic E-state index is 0.231. The molecule has 0 atom stereocenters. The fraction of sp³-hybridized carbons (Fsp3) is 0.160. The minimum atomic E-state index is 0.231. The third kappa shape index (κ3) is 4.05. The second-order valence-corrected chi connectivity index (χ2v) is 7.54. The first-order valence-electron chi connectivity index (χ1n) is 10.2. The van der Waals surface area contributed by atoms with E-state index in [1.165, 1.54) is 0 Å². The van der Waals surface area contributed by atoms with Gasteiger partial charge < -0.3 is 0 Å². The van der Waals surface area contributed by atoms with Crippen LogP contribution >= 0.6 is 0 Å². The van der Waals surface area contributed by atoms with Gasteiger partial charge in [0.1, 0.15) is 11.6 Å². The summed E-state index contributed by atoms with van der Waals surface area (Å²) in [6.45, 7) is 6.11. The van der Waals surface area contributed by atoms with Crippen molar-refractivity contribution in [2.75, 3.05) is 4.90 Å². The van der Waals surface area contributed by atoms with Crippen LogP contribution in [0.3, 0.4) is 0 Å². The number of allylic oxidation sites excluding steroid dienone is 2. The number of anilines is 3. The van der Waals surface area contributed by atoms with Gasteiger partial charge in [-0.15, -0.1) is 0 Å². The molecule has 31 heavy (non-hydrogen) atoms. The first kappa shape index (κ1) is 20.3. The lowest BCUT2D eigenvalue weighted by molar-refractivity contribution is 0.839. The molecule has 0 bridgehead atoms. The van der Waals surface area contributed by atoms with Crippen LogP contribution in [0.2, 0.25) is 0 Å². The van der Waals surface area contributed by atoms with Crippen LogP contribution in [-0.2, 0) is 0 Å². The summed E-state index contributed by atoms with van der Waals surface area (Å²) in [7, 11) is 0. The molecule has 6 heteroatoms. The molecule has 3 aromatic heterocycles. The topological polar surface area (TPSA) is 78.1 Å². The average Bonchev–Trinajstić information content (AvgIpc) is 2.80. The Balaban J connectivity index is 1.98. The normalized spacial score (nSPS) is 12.0. The molecule has 4 aromatic rings. The molecule has 1 N–H and O–H groups in total. The van der Waals surface area contributed by atoms with Crippen LogP contribution in [0, 0.1) is 11.4 Å². The van der Waals surface area contributed by atoms with Gasteiger partial charge in [0, 0.05) is 24.0 Å². The van der Waals surface area contributed by atoms with Crippen LogP contribution in [0.4, 0.5) is 17.3 Å². The summed E-state index contributed by atoms with van der Waals surface area (Å²) in [6.07, 6.45) is 5.36. The SMILES string of the molecule is C/C(N=N)=C(\c1ccc2nccc(N(c3ccccn3)c3ccccn3)c2c1)C(C)C. The molecule has 6 nitrogen and oxygen atoms in total. The van der Waals surface area contributed by atoms with Crippen molar-refractivity contribution in [1.29, 1.82) is 5.53 Å². The second-order valence-electron chi connectivity index (χ2n) is 7.54. The van der Waals surface area contributed by atoms with Crippen molar-refractivity contribution in [3.63, 3.8) is 0 Å². The van der Waals surface area contributed by atoms with Gasteiger partial charge in [-0.05, 0) is 66.4 Å². The van der Waals surface area contributed by atoms with Crippen molar-refractivity contribution in [2.45, 2.75) is 20.8 Å². The maximum absolute atomic E-state index is 7.51. The van der Waals surface area contributed by atoms with E-state index in [0.29, 0.717) is 5.70 Å². The molecule has 0 radical (unpaired) electrons. The largest absolute Gasteiger partial charge is 0.278 e. The minimum Gasteiger partial charge on any atom is -0.278 e. The van der Waals surface area contributed by atoms with Crippen LogP contribution in [0.5, 0.6) is 0 Å². The lowest BCUT2D eigenvalue weighted by Gasteiger charge is -2.24.